The highest BCUT2D eigenvalue weighted by molar-refractivity contribution is 9.10. The highest BCUT2D eigenvalue weighted by atomic mass is 79.9. The maximum absolute atomic E-state index is 13.2. The van der Waals surface area contributed by atoms with Crippen molar-refractivity contribution < 1.29 is 17.5 Å². The van der Waals surface area contributed by atoms with Crippen LogP contribution < -0.4 is 15.1 Å². The number of hydrogen-bond acceptors (Lipinski definition) is 7. The molecule has 0 fully saturated rings. The summed E-state index contributed by atoms with van der Waals surface area (Å²) in [7, 11) is -2.71. The first-order valence-electron chi connectivity index (χ1n) is 9.77. The molecule has 0 amide bonds. The molecule has 7 nitrogen and oxygen atoms in total. The summed E-state index contributed by atoms with van der Waals surface area (Å²) in [5.41, 5.74) is 0.581. The SMILES string of the molecule is COc1ccc(Br)cc1S(=O)(=O)Nc1nc(=O)n2c(C)c(C)sc(SCCCCCF)c1-2. The summed E-state index contributed by atoms with van der Waals surface area (Å²) in [6, 6.07) is 4.64. The van der Waals surface area contributed by atoms with Crippen molar-refractivity contribution in [3.63, 3.8) is 0 Å². The molecule has 32 heavy (non-hydrogen) atoms. The van der Waals surface area contributed by atoms with Gasteiger partial charge < -0.3 is 4.74 Å². The number of hydrogen-bond donors (Lipinski definition) is 1. The number of ether oxygens (including phenoxy) is 1. The number of anilines is 1. The molecular weight excluding hydrogens is 541 g/mol. The van der Waals surface area contributed by atoms with Crippen LogP contribution in [0.4, 0.5) is 10.2 Å². The molecule has 2 aliphatic rings. The van der Waals surface area contributed by atoms with Crippen LogP contribution in [-0.2, 0) is 10.0 Å². The average molecular weight is 565 g/mol. The van der Waals surface area contributed by atoms with Gasteiger partial charge in [-0.25, -0.2) is 13.2 Å². The molecule has 0 spiro atoms. The van der Waals surface area contributed by atoms with Gasteiger partial charge in [0.2, 0.25) is 0 Å². The van der Waals surface area contributed by atoms with Gasteiger partial charge in [0.25, 0.3) is 10.0 Å². The lowest BCUT2D eigenvalue weighted by Gasteiger charge is -2.16. The number of nitrogens with one attached hydrogen (secondary N) is 1. The normalized spacial score (nSPS) is 11.8. The Morgan fingerprint density at radius 1 is 1.28 bits per heavy atom. The molecule has 174 valence electrons. The lowest BCUT2D eigenvalue weighted by molar-refractivity contribution is 0.403. The minimum atomic E-state index is -4.09. The van der Waals surface area contributed by atoms with Gasteiger partial charge in [0.05, 0.1) is 18.0 Å². The molecule has 0 aromatic heterocycles. The Bertz CT molecular complexity index is 1240. The number of sulfonamides is 1. The number of fused-ring (bicyclic) bond motifs is 1. The lowest BCUT2D eigenvalue weighted by atomic mass is 10.3. The molecule has 1 N–H and O–H groups in total. The minimum absolute atomic E-state index is 0.0253. The smallest absolute Gasteiger partial charge is 0.354 e. The van der Waals surface area contributed by atoms with Gasteiger partial charge >= 0.3 is 5.69 Å². The summed E-state index contributed by atoms with van der Waals surface area (Å²) in [5, 5.41) is 0. The first-order chi connectivity index (χ1) is 15.2. The summed E-state index contributed by atoms with van der Waals surface area (Å²) in [5.74, 6) is 0.867. The number of methoxy groups -OCH3 is 1. The number of benzene rings is 1. The van der Waals surface area contributed by atoms with Gasteiger partial charge in [0.15, 0.2) is 5.82 Å². The first kappa shape index (κ1) is 25.0. The molecule has 0 radical (unpaired) electrons. The number of rotatable bonds is 10. The molecule has 0 saturated heterocycles. The van der Waals surface area contributed by atoms with E-state index in [2.05, 4.69) is 25.6 Å². The number of aromatic nitrogens is 2. The summed E-state index contributed by atoms with van der Waals surface area (Å²) >= 11 is 6.27. The van der Waals surface area contributed by atoms with E-state index in [0.717, 1.165) is 27.7 Å². The van der Waals surface area contributed by atoms with E-state index in [4.69, 9.17) is 4.74 Å². The van der Waals surface area contributed by atoms with E-state index >= 15 is 0 Å². The van der Waals surface area contributed by atoms with E-state index < -0.39 is 15.7 Å². The molecule has 12 heteroatoms. The molecule has 0 unspecified atom stereocenters. The second-order valence-electron chi connectivity index (χ2n) is 6.96. The van der Waals surface area contributed by atoms with Gasteiger partial charge in [0, 0.05) is 15.0 Å². The third-order valence-electron chi connectivity index (χ3n) is 4.79. The van der Waals surface area contributed by atoms with Crippen molar-refractivity contribution in [2.75, 3.05) is 24.3 Å². The lowest BCUT2D eigenvalue weighted by Crippen LogP contribution is -2.17. The van der Waals surface area contributed by atoms with E-state index in [1.807, 2.05) is 6.92 Å². The zero-order valence-corrected chi connectivity index (χ0v) is 21.8. The monoisotopic (exact) mass is 563 g/mol. The summed E-state index contributed by atoms with van der Waals surface area (Å²) in [4.78, 5) is 17.5. The van der Waals surface area contributed by atoms with Crippen LogP contribution in [0.15, 0.2) is 36.6 Å². The zero-order valence-electron chi connectivity index (χ0n) is 17.8. The Labute approximate surface area is 202 Å². The van der Waals surface area contributed by atoms with Crippen LogP contribution in [0.1, 0.15) is 29.8 Å². The van der Waals surface area contributed by atoms with Crippen LogP contribution in [0, 0.1) is 13.8 Å². The topological polar surface area (TPSA) is 90.3 Å². The van der Waals surface area contributed by atoms with Crippen LogP contribution in [0.3, 0.4) is 0 Å². The van der Waals surface area contributed by atoms with Gasteiger partial charge in [-0.1, -0.05) is 22.4 Å². The average Bonchev–Trinajstić information content (AvgIpc) is 3.06. The van der Waals surface area contributed by atoms with Crippen molar-refractivity contribution in [3.8, 4) is 11.4 Å². The standard InChI is InChI=1S/C20H23BrFN3O4S3/c1-12-13(2)31-19(30-10-6-4-5-9-22)17-18(23-20(26)25(12)17)24-32(27,28)16-11-14(21)7-8-15(16)29-3/h7-8,11H,4-6,9-10H2,1-3H3,(H,23,24,26). The van der Waals surface area contributed by atoms with Crippen LogP contribution in [0.2, 0.25) is 0 Å². The molecule has 0 saturated carbocycles. The van der Waals surface area contributed by atoms with Crippen LogP contribution in [0.25, 0.3) is 5.69 Å². The van der Waals surface area contributed by atoms with E-state index in [-0.39, 0.29) is 23.1 Å². The number of halogens is 2. The Morgan fingerprint density at radius 3 is 2.72 bits per heavy atom. The second-order valence-corrected chi connectivity index (χ2v) is 12.1. The van der Waals surface area contributed by atoms with E-state index in [1.165, 1.54) is 46.9 Å². The molecule has 1 aromatic carbocycles. The molecule has 3 rings (SSSR count). The van der Waals surface area contributed by atoms with Crippen LogP contribution in [0.5, 0.6) is 5.75 Å². The summed E-state index contributed by atoms with van der Waals surface area (Å²) < 4.78 is 49.2. The van der Waals surface area contributed by atoms with Gasteiger partial charge in [-0.15, -0.1) is 23.1 Å². The van der Waals surface area contributed by atoms with Gasteiger partial charge in [-0.2, -0.15) is 4.98 Å². The number of thioether (sulfide) groups is 1. The largest absolute Gasteiger partial charge is 0.495 e. The maximum atomic E-state index is 13.2. The second kappa shape index (κ2) is 10.5. The maximum Gasteiger partial charge on any atom is 0.354 e. The molecule has 0 aliphatic carbocycles. The van der Waals surface area contributed by atoms with Crippen molar-refractivity contribution in [2.24, 2.45) is 0 Å². The Hall–Kier alpha value is -1.63. The fraction of sp³-hybridized carbons (Fsp3) is 0.400. The van der Waals surface area contributed by atoms with Crippen LogP contribution in [-0.4, -0.2) is 37.5 Å². The fourth-order valence-corrected chi connectivity index (χ4v) is 7.31. The van der Waals surface area contributed by atoms with Crippen LogP contribution >= 0.6 is 39.0 Å². The highest BCUT2D eigenvalue weighted by Gasteiger charge is 2.28. The number of alkyl halides is 1. The van der Waals surface area contributed by atoms with Crippen molar-refractivity contribution in [3.05, 3.63) is 43.7 Å². The van der Waals surface area contributed by atoms with E-state index in [0.29, 0.717) is 22.3 Å². The third kappa shape index (κ3) is 5.29. The summed E-state index contributed by atoms with van der Waals surface area (Å²) in [6.07, 6.45) is 2.10. The van der Waals surface area contributed by atoms with Crippen molar-refractivity contribution in [2.45, 2.75) is 42.2 Å². The minimum Gasteiger partial charge on any atom is -0.495 e. The zero-order chi connectivity index (χ0) is 23.5. The molecule has 0 bridgehead atoms. The Morgan fingerprint density at radius 2 is 2.03 bits per heavy atom. The van der Waals surface area contributed by atoms with E-state index in [9.17, 15) is 17.6 Å². The predicted octanol–water partition coefficient (Wildman–Crippen LogP) is 5.15. The quantitative estimate of drug-likeness (QED) is 0.271. The number of unbranched alkanes of at least 4 members (excludes halogenated alkanes) is 2. The Kier molecular flexibility index (Phi) is 8.23. The van der Waals surface area contributed by atoms with Gasteiger partial charge in [-0.3, -0.25) is 13.7 Å². The molecular formula is C20H23BrFN3O4S3. The van der Waals surface area contributed by atoms with Crippen molar-refractivity contribution in [1.82, 2.24) is 9.55 Å². The molecule has 2 heterocycles. The number of aryl methyl sites for hydroxylation is 1. The predicted molar refractivity (Wildman–Crippen MR) is 130 cm³/mol. The van der Waals surface area contributed by atoms with Gasteiger partial charge in [-0.05, 0) is 50.6 Å². The molecule has 1 aromatic rings. The Balaban J connectivity index is 2.04. The molecule has 2 aliphatic heterocycles. The van der Waals surface area contributed by atoms with E-state index in [1.54, 1.807) is 13.0 Å². The third-order valence-corrected chi connectivity index (χ3v) is 9.17. The first-order valence-corrected chi connectivity index (χ1v) is 13.8. The highest BCUT2D eigenvalue weighted by Crippen LogP contribution is 2.39. The fourth-order valence-electron chi connectivity index (χ4n) is 3.07. The van der Waals surface area contributed by atoms with Crippen molar-refractivity contribution in [1.29, 1.82) is 0 Å². The van der Waals surface area contributed by atoms with Crippen molar-refractivity contribution >= 4 is 54.9 Å². The number of nitrogens with zero attached hydrogens (tertiary/aromatic N) is 2. The van der Waals surface area contributed by atoms with Gasteiger partial charge in [0.1, 0.15) is 16.3 Å². The summed E-state index contributed by atoms with van der Waals surface area (Å²) in [6.45, 7) is 3.36. The number of imidazole rings is 1. The molecule has 0 atom stereocenters.